The van der Waals surface area contributed by atoms with E-state index in [1.165, 1.54) is 0 Å². The van der Waals surface area contributed by atoms with E-state index in [9.17, 15) is 19.5 Å². The van der Waals surface area contributed by atoms with E-state index in [0.717, 1.165) is 0 Å². The second-order valence-electron chi connectivity index (χ2n) is 6.70. The molecule has 0 fully saturated rings. The molecule has 0 unspecified atom stereocenters. The number of carboxylic acid groups (broad SMARTS) is 1. The van der Waals surface area contributed by atoms with E-state index < -0.39 is 17.9 Å². The van der Waals surface area contributed by atoms with Gasteiger partial charge in [-0.3, -0.25) is 9.59 Å². The smallest absolute Gasteiger partial charge is 0.326 e. The number of benzene rings is 3. The summed E-state index contributed by atoms with van der Waals surface area (Å²) < 4.78 is 0. The van der Waals surface area contributed by atoms with Gasteiger partial charge in [-0.1, -0.05) is 54.6 Å². The van der Waals surface area contributed by atoms with E-state index in [0.29, 0.717) is 26.5 Å². The Bertz CT molecular complexity index is 1060. The van der Waals surface area contributed by atoms with E-state index >= 15 is 0 Å². The molecule has 3 aromatic rings. The van der Waals surface area contributed by atoms with E-state index in [1.807, 2.05) is 6.07 Å². The number of carbonyl (C=O) groups is 3. The van der Waals surface area contributed by atoms with Gasteiger partial charge in [-0.05, 0) is 23.8 Å². The fourth-order valence-corrected chi connectivity index (χ4v) is 3.61. The van der Waals surface area contributed by atoms with E-state index in [2.05, 4.69) is 30.6 Å². The molecule has 0 heterocycles. The van der Waals surface area contributed by atoms with E-state index in [-0.39, 0.29) is 17.8 Å². The van der Waals surface area contributed by atoms with Crippen molar-refractivity contribution < 1.29 is 19.5 Å². The minimum absolute atomic E-state index is 0.0786. The molecule has 2 N–H and O–H groups in total. The number of carbonyl (C=O) groups excluding carboxylic acids is 2. The van der Waals surface area contributed by atoms with Crippen LogP contribution in [0.1, 0.15) is 31.8 Å². The fraction of sp³-hybridized carbons (Fsp3) is 0.0870. The van der Waals surface area contributed by atoms with E-state index in [1.54, 1.807) is 66.7 Å². The van der Waals surface area contributed by atoms with Crippen LogP contribution in [0.4, 0.5) is 0 Å². The summed E-state index contributed by atoms with van der Waals surface area (Å²) in [5.74, 6) is -1.79. The minimum Gasteiger partial charge on any atom is -0.480 e. The molecule has 0 aromatic heterocycles. The second kappa shape index (κ2) is 9.65. The van der Waals surface area contributed by atoms with Crippen LogP contribution in [0.15, 0.2) is 82.6 Å². The minimum atomic E-state index is -1.15. The highest BCUT2D eigenvalue weighted by molar-refractivity contribution is 7.81. The predicted molar refractivity (Wildman–Crippen MR) is 120 cm³/mol. The molecular weight excluding hydrogens is 418 g/mol. The highest BCUT2D eigenvalue weighted by Crippen LogP contribution is 2.17. The lowest BCUT2D eigenvalue weighted by molar-refractivity contribution is -0.139. The van der Waals surface area contributed by atoms with Gasteiger partial charge in [0.15, 0.2) is 5.78 Å². The van der Waals surface area contributed by atoms with Gasteiger partial charge < -0.3 is 10.4 Å². The summed E-state index contributed by atoms with van der Waals surface area (Å²) in [7, 11) is 0. The van der Waals surface area contributed by atoms with Gasteiger partial charge in [-0.15, -0.1) is 25.3 Å². The average molecular weight is 438 g/mol. The summed E-state index contributed by atoms with van der Waals surface area (Å²) in [4.78, 5) is 37.7. The first kappa shape index (κ1) is 21.7. The van der Waals surface area contributed by atoms with Crippen LogP contribution in [-0.4, -0.2) is 28.8 Å². The Morgan fingerprint density at radius 2 is 1.37 bits per heavy atom. The van der Waals surface area contributed by atoms with Gasteiger partial charge in [0.25, 0.3) is 5.91 Å². The lowest BCUT2D eigenvalue weighted by Crippen LogP contribution is -2.42. The number of amides is 1. The van der Waals surface area contributed by atoms with Gasteiger partial charge >= 0.3 is 5.97 Å². The SMILES string of the molecule is O=C(N[C@@H](Cc1ccc(C(=O)c2ccccc2)cc1)C(=O)O)c1cc(S)cc(S)c1. The molecule has 3 aromatic carbocycles. The molecule has 0 aliphatic rings. The molecule has 1 amide bonds. The van der Waals surface area contributed by atoms with E-state index in [4.69, 9.17) is 0 Å². The Balaban J connectivity index is 1.71. The fourth-order valence-electron chi connectivity index (χ4n) is 2.95. The molecular formula is C23H19NO4S2. The third-order valence-corrected chi connectivity index (χ3v) is 4.98. The van der Waals surface area contributed by atoms with Gasteiger partial charge in [-0.25, -0.2) is 4.79 Å². The summed E-state index contributed by atoms with van der Waals surface area (Å²) in [5.41, 5.74) is 2.05. The molecule has 3 rings (SSSR count). The van der Waals surface area contributed by atoms with Crippen molar-refractivity contribution in [3.05, 3.63) is 95.1 Å². The summed E-state index contributed by atoms with van der Waals surface area (Å²) in [6, 6.07) is 19.2. The normalized spacial score (nSPS) is 11.5. The largest absolute Gasteiger partial charge is 0.480 e. The highest BCUT2D eigenvalue weighted by Gasteiger charge is 2.22. The van der Waals surface area contributed by atoms with Crippen LogP contribution < -0.4 is 5.32 Å². The number of hydrogen-bond donors (Lipinski definition) is 4. The molecule has 0 spiro atoms. The Morgan fingerprint density at radius 3 is 1.93 bits per heavy atom. The molecule has 30 heavy (non-hydrogen) atoms. The van der Waals surface area contributed by atoms with Crippen LogP contribution in [0, 0.1) is 0 Å². The number of thiol groups is 2. The van der Waals surface area contributed by atoms with Crippen LogP contribution in [0.2, 0.25) is 0 Å². The van der Waals surface area contributed by atoms with Crippen molar-refractivity contribution in [2.75, 3.05) is 0 Å². The Labute approximate surface area is 185 Å². The number of carboxylic acids is 1. The third kappa shape index (κ3) is 5.52. The zero-order valence-electron chi connectivity index (χ0n) is 15.8. The first-order valence-corrected chi connectivity index (χ1v) is 9.98. The molecule has 5 nitrogen and oxygen atoms in total. The maximum absolute atomic E-state index is 12.5. The van der Waals surface area contributed by atoms with Crippen molar-refractivity contribution in [2.45, 2.75) is 22.3 Å². The van der Waals surface area contributed by atoms with Crippen LogP contribution in [0.5, 0.6) is 0 Å². The lowest BCUT2D eigenvalue weighted by atomic mass is 9.99. The Hall–Kier alpha value is -3.03. The molecule has 0 saturated carbocycles. The number of rotatable bonds is 7. The van der Waals surface area contributed by atoms with Crippen molar-refractivity contribution >= 4 is 42.9 Å². The van der Waals surface area contributed by atoms with Gasteiger partial charge in [0.05, 0.1) is 0 Å². The number of ketones is 1. The molecule has 7 heteroatoms. The average Bonchev–Trinajstić information content (AvgIpc) is 2.73. The van der Waals surface area contributed by atoms with Crippen molar-refractivity contribution in [1.82, 2.24) is 5.32 Å². The second-order valence-corrected chi connectivity index (χ2v) is 7.73. The Kier molecular flexibility index (Phi) is 6.97. The van der Waals surface area contributed by atoms with Crippen molar-refractivity contribution in [3.63, 3.8) is 0 Å². The number of nitrogens with one attached hydrogen (secondary N) is 1. The first-order valence-electron chi connectivity index (χ1n) is 9.09. The van der Waals surface area contributed by atoms with Crippen molar-refractivity contribution in [3.8, 4) is 0 Å². The van der Waals surface area contributed by atoms with Crippen LogP contribution in [0.3, 0.4) is 0 Å². The first-order chi connectivity index (χ1) is 14.3. The predicted octanol–water partition coefficient (Wildman–Crippen LogP) is 3.92. The maximum Gasteiger partial charge on any atom is 0.326 e. The molecule has 0 bridgehead atoms. The maximum atomic E-state index is 12.5. The van der Waals surface area contributed by atoms with Crippen molar-refractivity contribution in [2.24, 2.45) is 0 Å². The summed E-state index contributed by atoms with van der Waals surface area (Å²) >= 11 is 8.42. The molecule has 0 aliphatic carbocycles. The number of aliphatic carboxylic acids is 1. The quantitative estimate of drug-likeness (QED) is 0.334. The van der Waals surface area contributed by atoms with Crippen molar-refractivity contribution in [1.29, 1.82) is 0 Å². The summed E-state index contributed by atoms with van der Waals surface area (Å²) in [6.07, 6.45) is 0.0786. The van der Waals surface area contributed by atoms with Crippen LogP contribution in [-0.2, 0) is 11.2 Å². The topological polar surface area (TPSA) is 83.5 Å². The zero-order valence-corrected chi connectivity index (χ0v) is 17.6. The number of hydrogen-bond acceptors (Lipinski definition) is 5. The van der Waals surface area contributed by atoms with Crippen LogP contribution in [0.25, 0.3) is 0 Å². The summed E-state index contributed by atoms with van der Waals surface area (Å²) in [6.45, 7) is 0. The Morgan fingerprint density at radius 1 is 0.800 bits per heavy atom. The monoisotopic (exact) mass is 437 g/mol. The van der Waals surface area contributed by atoms with Gasteiger partial charge in [0, 0.05) is 32.9 Å². The molecule has 0 aliphatic heterocycles. The molecule has 0 saturated heterocycles. The lowest BCUT2D eigenvalue weighted by Gasteiger charge is -2.15. The summed E-state index contributed by atoms with van der Waals surface area (Å²) in [5, 5.41) is 12.1. The van der Waals surface area contributed by atoms with Gasteiger partial charge in [0.1, 0.15) is 6.04 Å². The van der Waals surface area contributed by atoms with Crippen LogP contribution >= 0.6 is 25.3 Å². The molecule has 0 radical (unpaired) electrons. The molecule has 152 valence electrons. The molecule has 1 atom stereocenters. The third-order valence-electron chi connectivity index (χ3n) is 4.46. The highest BCUT2D eigenvalue weighted by atomic mass is 32.1. The van der Waals surface area contributed by atoms with Gasteiger partial charge in [-0.2, -0.15) is 0 Å². The van der Waals surface area contributed by atoms with Gasteiger partial charge in [0.2, 0.25) is 0 Å². The standard InChI is InChI=1S/C23H19NO4S2/c25-21(15-4-2-1-3-5-15)16-8-6-14(7-9-16)10-20(23(27)28)24-22(26)17-11-18(29)13-19(30)12-17/h1-9,11-13,20,29-30H,10H2,(H,24,26)(H,27,28)/t20-/m0/s1. The zero-order chi connectivity index (χ0) is 21.7.